The fourth-order valence-electron chi connectivity index (χ4n) is 2.12. The second kappa shape index (κ2) is 6.92. The fraction of sp³-hybridized carbons (Fsp3) is 0.375. The van der Waals surface area contributed by atoms with Gasteiger partial charge in [0.25, 0.3) is 0 Å². The molecule has 0 aliphatic rings. The Morgan fingerprint density at radius 2 is 2.00 bits per heavy atom. The molecule has 2 aromatic rings. The first-order valence-electron chi connectivity index (χ1n) is 6.90. The largest absolute Gasteiger partial charge is 0.490 e. The van der Waals surface area contributed by atoms with Gasteiger partial charge in [0.1, 0.15) is 12.4 Å². The number of aromatic nitrogens is 2. The molecule has 5 nitrogen and oxygen atoms in total. The van der Waals surface area contributed by atoms with Crippen LogP contribution in [0.2, 0.25) is 0 Å². The molecule has 0 radical (unpaired) electrons. The van der Waals surface area contributed by atoms with Crippen LogP contribution in [-0.4, -0.2) is 28.5 Å². The summed E-state index contributed by atoms with van der Waals surface area (Å²) in [7, 11) is 0. The van der Waals surface area contributed by atoms with Crippen molar-refractivity contribution in [3.8, 4) is 5.75 Å². The van der Waals surface area contributed by atoms with Gasteiger partial charge in [0.2, 0.25) is 0 Å². The maximum absolute atomic E-state index is 11.2. The molecule has 21 heavy (non-hydrogen) atoms. The van der Waals surface area contributed by atoms with E-state index in [0.29, 0.717) is 13.2 Å². The van der Waals surface area contributed by atoms with Crippen LogP contribution in [-0.2, 0) is 16.1 Å². The first-order valence-corrected chi connectivity index (χ1v) is 6.90. The van der Waals surface area contributed by atoms with Crippen LogP contribution in [0.3, 0.4) is 0 Å². The summed E-state index contributed by atoms with van der Waals surface area (Å²) in [5.41, 5.74) is 1.97. The molecule has 5 heteroatoms. The number of nitrogens with zero attached hydrogens (tertiary/aromatic N) is 2. The van der Waals surface area contributed by atoms with Crippen molar-refractivity contribution < 1.29 is 14.3 Å². The van der Waals surface area contributed by atoms with E-state index in [4.69, 9.17) is 9.47 Å². The van der Waals surface area contributed by atoms with Crippen molar-refractivity contribution in [1.29, 1.82) is 0 Å². The van der Waals surface area contributed by atoms with E-state index in [-0.39, 0.29) is 12.1 Å². The third kappa shape index (κ3) is 4.63. The van der Waals surface area contributed by atoms with Gasteiger partial charge in [0.05, 0.1) is 12.2 Å². The normalized spacial score (nSPS) is 12.0. The number of carbonyl (C=O) groups is 1. The van der Waals surface area contributed by atoms with Gasteiger partial charge >= 0.3 is 5.97 Å². The summed E-state index contributed by atoms with van der Waals surface area (Å²) in [5, 5.41) is 4.38. The predicted octanol–water partition coefficient (Wildman–Crippen LogP) is 2.51. The summed E-state index contributed by atoms with van der Waals surface area (Å²) in [6.07, 6.45) is -0.374. The molecule has 2 rings (SSSR count). The smallest absolute Gasteiger partial charge is 0.303 e. The fourth-order valence-corrected chi connectivity index (χ4v) is 2.12. The lowest BCUT2D eigenvalue weighted by Crippen LogP contribution is -2.29. The van der Waals surface area contributed by atoms with Crippen molar-refractivity contribution in [3.05, 3.63) is 47.8 Å². The Morgan fingerprint density at radius 1 is 1.29 bits per heavy atom. The molecule has 1 atom stereocenters. The molecule has 0 fully saturated rings. The molecule has 1 heterocycles. The van der Waals surface area contributed by atoms with Crippen LogP contribution in [0.25, 0.3) is 0 Å². The molecule has 0 saturated carbocycles. The highest BCUT2D eigenvalue weighted by molar-refractivity contribution is 5.66. The monoisotopic (exact) mass is 288 g/mol. The number of hydrogen-bond donors (Lipinski definition) is 0. The average Bonchev–Trinajstić information content (AvgIpc) is 2.75. The van der Waals surface area contributed by atoms with Crippen molar-refractivity contribution in [3.63, 3.8) is 0 Å². The van der Waals surface area contributed by atoms with E-state index in [1.165, 1.54) is 6.92 Å². The van der Waals surface area contributed by atoms with E-state index < -0.39 is 0 Å². The number of benzene rings is 1. The lowest BCUT2D eigenvalue weighted by molar-refractivity contribution is -0.148. The zero-order valence-corrected chi connectivity index (χ0v) is 12.6. The maximum atomic E-state index is 11.2. The molecule has 0 spiro atoms. The summed E-state index contributed by atoms with van der Waals surface area (Å²) in [5.74, 6) is 0.432. The Kier molecular flexibility index (Phi) is 4.98. The number of ether oxygens (including phenoxy) is 2. The first kappa shape index (κ1) is 15.1. The third-order valence-corrected chi connectivity index (χ3v) is 2.99. The third-order valence-electron chi connectivity index (χ3n) is 2.99. The quantitative estimate of drug-likeness (QED) is 0.766. The van der Waals surface area contributed by atoms with Gasteiger partial charge < -0.3 is 9.47 Å². The lowest BCUT2D eigenvalue weighted by Gasteiger charge is -2.18. The summed E-state index contributed by atoms with van der Waals surface area (Å²) in [4.78, 5) is 11.2. The number of rotatable bonds is 6. The molecule has 0 aliphatic carbocycles. The zero-order valence-electron chi connectivity index (χ0n) is 12.6. The summed E-state index contributed by atoms with van der Waals surface area (Å²) in [6.45, 7) is 6.08. The Balaban J connectivity index is 2.00. The van der Waals surface area contributed by atoms with Crippen LogP contribution in [0, 0.1) is 13.8 Å². The van der Waals surface area contributed by atoms with Gasteiger partial charge in [-0.15, -0.1) is 0 Å². The van der Waals surface area contributed by atoms with E-state index in [1.54, 1.807) is 0 Å². The molecule has 1 aromatic carbocycles. The topological polar surface area (TPSA) is 53.4 Å². The Hall–Kier alpha value is -2.30. The predicted molar refractivity (Wildman–Crippen MR) is 79.2 cm³/mol. The van der Waals surface area contributed by atoms with Crippen molar-refractivity contribution in [2.75, 3.05) is 6.61 Å². The average molecular weight is 288 g/mol. The van der Waals surface area contributed by atoms with Crippen molar-refractivity contribution >= 4 is 5.97 Å². The van der Waals surface area contributed by atoms with Gasteiger partial charge in [-0.2, -0.15) is 5.10 Å². The molecule has 0 amide bonds. The van der Waals surface area contributed by atoms with Gasteiger partial charge in [0.15, 0.2) is 6.10 Å². The highest BCUT2D eigenvalue weighted by atomic mass is 16.6. The van der Waals surface area contributed by atoms with Gasteiger partial charge in [-0.3, -0.25) is 9.48 Å². The van der Waals surface area contributed by atoms with E-state index in [0.717, 1.165) is 17.1 Å². The number of esters is 1. The van der Waals surface area contributed by atoms with Crippen LogP contribution in [0.5, 0.6) is 5.75 Å². The Labute approximate surface area is 124 Å². The lowest BCUT2D eigenvalue weighted by atomic mass is 10.3. The van der Waals surface area contributed by atoms with Gasteiger partial charge in [-0.1, -0.05) is 18.2 Å². The van der Waals surface area contributed by atoms with Crippen molar-refractivity contribution in [2.45, 2.75) is 33.4 Å². The van der Waals surface area contributed by atoms with Crippen LogP contribution in [0.15, 0.2) is 36.4 Å². The van der Waals surface area contributed by atoms with Crippen molar-refractivity contribution in [2.24, 2.45) is 0 Å². The molecule has 1 unspecified atom stereocenters. The molecular weight excluding hydrogens is 268 g/mol. The number of hydrogen-bond acceptors (Lipinski definition) is 4. The maximum Gasteiger partial charge on any atom is 0.303 e. The van der Waals surface area contributed by atoms with Crippen molar-refractivity contribution in [1.82, 2.24) is 9.78 Å². The molecule has 1 aromatic heterocycles. The summed E-state index contributed by atoms with van der Waals surface area (Å²) >= 11 is 0. The minimum Gasteiger partial charge on any atom is -0.490 e. The van der Waals surface area contributed by atoms with Gasteiger partial charge in [-0.25, -0.2) is 0 Å². The number of aryl methyl sites for hydroxylation is 2. The standard InChI is InChI=1S/C16H20N2O3/c1-12-9-13(2)18(17-12)10-16(21-14(3)19)11-20-15-7-5-4-6-8-15/h4-9,16H,10-11H2,1-3H3. The highest BCUT2D eigenvalue weighted by Crippen LogP contribution is 2.11. The van der Waals surface area contributed by atoms with E-state index in [2.05, 4.69) is 5.10 Å². The highest BCUT2D eigenvalue weighted by Gasteiger charge is 2.16. The number of para-hydroxylation sites is 1. The summed E-state index contributed by atoms with van der Waals surface area (Å²) < 4.78 is 12.8. The molecule has 0 saturated heterocycles. The minimum absolute atomic E-state index is 0.294. The van der Waals surface area contributed by atoms with Gasteiger partial charge in [0, 0.05) is 12.6 Å². The molecule has 0 bridgehead atoms. The number of carbonyl (C=O) groups excluding carboxylic acids is 1. The van der Waals surface area contributed by atoms with Crippen LogP contribution in [0.4, 0.5) is 0 Å². The molecule has 0 aliphatic heterocycles. The van der Waals surface area contributed by atoms with Crippen LogP contribution >= 0.6 is 0 Å². The molecule has 112 valence electrons. The molecular formula is C16H20N2O3. The van der Waals surface area contributed by atoms with E-state index >= 15 is 0 Å². The Bertz CT molecular complexity index is 593. The first-order chi connectivity index (χ1) is 10.0. The minimum atomic E-state index is -0.374. The summed E-state index contributed by atoms with van der Waals surface area (Å²) in [6, 6.07) is 11.5. The van der Waals surface area contributed by atoms with Crippen LogP contribution in [0.1, 0.15) is 18.3 Å². The molecule has 0 N–H and O–H groups in total. The Morgan fingerprint density at radius 3 is 2.57 bits per heavy atom. The second-order valence-corrected chi connectivity index (χ2v) is 4.96. The van der Waals surface area contributed by atoms with Crippen LogP contribution < -0.4 is 4.74 Å². The van der Waals surface area contributed by atoms with Gasteiger partial charge in [-0.05, 0) is 32.0 Å². The second-order valence-electron chi connectivity index (χ2n) is 4.96. The van der Waals surface area contributed by atoms with E-state index in [1.807, 2.05) is 54.9 Å². The van der Waals surface area contributed by atoms with E-state index in [9.17, 15) is 4.79 Å². The zero-order chi connectivity index (χ0) is 15.2. The SMILES string of the molecule is CC(=O)OC(COc1ccccc1)Cn1nc(C)cc1C.